The van der Waals surface area contributed by atoms with E-state index in [1.54, 1.807) is 19.1 Å². The first-order valence-electron chi connectivity index (χ1n) is 10.3. The zero-order valence-corrected chi connectivity index (χ0v) is 18.6. The fourth-order valence-electron chi connectivity index (χ4n) is 3.87. The molecule has 172 valence electrons. The normalized spacial score (nSPS) is 14.8. The smallest absolute Gasteiger partial charge is 0.269 e. The average Bonchev–Trinajstić information content (AvgIpc) is 3.40. The number of nitro benzene ring substituents is 1. The van der Waals surface area contributed by atoms with Gasteiger partial charge in [-0.3, -0.25) is 24.3 Å². The van der Waals surface area contributed by atoms with E-state index in [1.807, 2.05) is 0 Å². The van der Waals surface area contributed by atoms with Gasteiger partial charge in [-0.2, -0.15) is 5.10 Å². The van der Waals surface area contributed by atoms with Crippen LogP contribution in [-0.4, -0.2) is 35.9 Å². The van der Waals surface area contributed by atoms with Crippen LogP contribution in [0.1, 0.15) is 18.0 Å². The number of hydrogen-bond donors (Lipinski definition) is 1. The van der Waals surface area contributed by atoms with E-state index in [2.05, 4.69) is 15.4 Å². The Labute approximate surface area is 195 Å². The molecule has 0 aliphatic carbocycles. The third-order valence-electron chi connectivity index (χ3n) is 5.56. The number of carbonyl (C=O) groups is 1. The van der Waals surface area contributed by atoms with Gasteiger partial charge in [0.1, 0.15) is 11.2 Å². The first-order valence-corrected chi connectivity index (χ1v) is 11.2. The second-order valence-electron chi connectivity index (χ2n) is 7.81. The Morgan fingerprint density at radius 1 is 1.29 bits per heavy atom. The molecule has 1 aliphatic heterocycles. The third kappa shape index (κ3) is 3.81. The number of aromatic nitrogens is 4. The lowest BCUT2D eigenvalue weighted by atomic mass is 10.1. The van der Waals surface area contributed by atoms with Gasteiger partial charge in [-0.15, -0.1) is 0 Å². The molecule has 12 heteroatoms. The maximum atomic E-state index is 13.3. The Kier molecular flexibility index (Phi) is 5.36. The van der Waals surface area contributed by atoms with Crippen molar-refractivity contribution in [3.05, 3.63) is 80.5 Å². The van der Waals surface area contributed by atoms with Gasteiger partial charge in [-0.1, -0.05) is 11.8 Å². The van der Waals surface area contributed by atoms with Crippen LogP contribution in [-0.2, 0) is 4.79 Å². The number of anilines is 1. The number of amides is 1. The molecule has 0 fully saturated rings. The molecule has 1 aliphatic rings. The minimum atomic E-state index is -0.496. The maximum Gasteiger partial charge on any atom is 0.269 e. The number of halogens is 1. The summed E-state index contributed by atoms with van der Waals surface area (Å²) in [7, 11) is 0. The summed E-state index contributed by atoms with van der Waals surface area (Å²) < 4.78 is 16.3. The molecule has 0 saturated carbocycles. The van der Waals surface area contributed by atoms with Crippen molar-refractivity contribution in [3.63, 3.8) is 0 Å². The molecule has 3 heterocycles. The highest BCUT2D eigenvalue weighted by Gasteiger charge is 2.29. The van der Waals surface area contributed by atoms with Crippen LogP contribution in [0.5, 0.6) is 0 Å². The van der Waals surface area contributed by atoms with Gasteiger partial charge in [0.2, 0.25) is 5.91 Å². The lowest BCUT2D eigenvalue weighted by molar-refractivity contribution is -0.384. The minimum Gasteiger partial charge on any atom is -0.326 e. The molecule has 1 unspecified atom stereocenters. The lowest BCUT2D eigenvalue weighted by Gasteiger charge is -2.14. The zero-order valence-electron chi connectivity index (χ0n) is 17.8. The van der Waals surface area contributed by atoms with Gasteiger partial charge in [-0.05, 0) is 42.8 Å². The van der Waals surface area contributed by atoms with Crippen molar-refractivity contribution in [1.29, 1.82) is 0 Å². The van der Waals surface area contributed by atoms with Gasteiger partial charge in [0.15, 0.2) is 10.8 Å². The zero-order chi connectivity index (χ0) is 24.0. The van der Waals surface area contributed by atoms with E-state index in [0.717, 1.165) is 0 Å². The predicted octanol–water partition coefficient (Wildman–Crippen LogP) is 3.61. The summed E-state index contributed by atoms with van der Waals surface area (Å²) >= 11 is 1.37. The van der Waals surface area contributed by atoms with Crippen LogP contribution in [0.25, 0.3) is 16.7 Å². The summed E-state index contributed by atoms with van der Waals surface area (Å²) in [5.41, 5.74) is 1.62. The van der Waals surface area contributed by atoms with Gasteiger partial charge in [-0.25, -0.2) is 14.1 Å². The highest BCUT2D eigenvalue weighted by Crippen LogP contribution is 2.34. The van der Waals surface area contributed by atoms with E-state index < -0.39 is 11.0 Å². The Hall–Kier alpha value is -4.06. The quantitative estimate of drug-likeness (QED) is 0.263. The Morgan fingerprint density at radius 3 is 2.76 bits per heavy atom. The molecule has 34 heavy (non-hydrogen) atoms. The van der Waals surface area contributed by atoms with Crippen molar-refractivity contribution in [2.24, 2.45) is 0 Å². The largest absolute Gasteiger partial charge is 0.326 e. The van der Waals surface area contributed by atoms with Crippen LogP contribution in [0.4, 0.5) is 15.8 Å². The number of benzene rings is 2. The van der Waals surface area contributed by atoms with Crippen molar-refractivity contribution < 1.29 is 14.1 Å². The van der Waals surface area contributed by atoms with E-state index in [0.29, 0.717) is 38.9 Å². The maximum absolute atomic E-state index is 13.3. The van der Waals surface area contributed by atoms with E-state index in [9.17, 15) is 24.1 Å². The fourth-order valence-corrected chi connectivity index (χ4v) is 5.00. The molecule has 2 aromatic carbocycles. The summed E-state index contributed by atoms with van der Waals surface area (Å²) in [5, 5.41) is 18.7. The molecule has 4 aromatic rings. The van der Waals surface area contributed by atoms with Gasteiger partial charge in [0, 0.05) is 30.0 Å². The molecule has 1 N–H and O–H groups in total. The van der Waals surface area contributed by atoms with Crippen molar-refractivity contribution in [2.75, 3.05) is 11.1 Å². The van der Waals surface area contributed by atoms with Crippen LogP contribution < -0.4 is 10.9 Å². The predicted molar refractivity (Wildman–Crippen MR) is 124 cm³/mol. The van der Waals surface area contributed by atoms with Crippen LogP contribution in [0.3, 0.4) is 0 Å². The molecule has 0 bridgehead atoms. The van der Waals surface area contributed by atoms with Crippen molar-refractivity contribution in [3.8, 4) is 5.69 Å². The first-order chi connectivity index (χ1) is 16.3. The Morgan fingerprint density at radius 2 is 2.06 bits per heavy atom. The number of nitrogens with zero attached hydrogens (tertiary/aromatic N) is 5. The number of thioether (sulfide) groups is 1. The van der Waals surface area contributed by atoms with Crippen molar-refractivity contribution in [1.82, 2.24) is 19.3 Å². The van der Waals surface area contributed by atoms with Crippen LogP contribution in [0, 0.1) is 22.9 Å². The second kappa shape index (κ2) is 8.37. The number of non-ortho nitro benzene ring substituents is 1. The number of rotatable bonds is 5. The lowest BCUT2D eigenvalue weighted by Crippen LogP contribution is -2.27. The van der Waals surface area contributed by atoms with Gasteiger partial charge in [0.25, 0.3) is 11.2 Å². The van der Waals surface area contributed by atoms with E-state index in [1.165, 1.54) is 57.5 Å². The Bertz CT molecular complexity index is 1510. The van der Waals surface area contributed by atoms with Gasteiger partial charge >= 0.3 is 0 Å². The van der Waals surface area contributed by atoms with Crippen LogP contribution >= 0.6 is 11.8 Å². The highest BCUT2D eigenvalue weighted by atomic mass is 32.2. The number of carbonyl (C=O) groups excluding carboxylic acids is 1. The number of nitro groups is 1. The Balaban J connectivity index is 1.40. The molecule has 0 spiro atoms. The van der Waals surface area contributed by atoms with Crippen LogP contribution in [0.15, 0.2) is 58.6 Å². The van der Waals surface area contributed by atoms with Crippen LogP contribution in [0.2, 0.25) is 0 Å². The number of aryl methyl sites for hydroxylation is 1. The molecule has 2 aromatic heterocycles. The number of nitrogens with one attached hydrogen (secondary N) is 1. The molecule has 1 amide bonds. The van der Waals surface area contributed by atoms with Gasteiger partial charge < -0.3 is 5.32 Å². The molecule has 10 nitrogen and oxygen atoms in total. The highest BCUT2D eigenvalue weighted by molar-refractivity contribution is 7.99. The molecular formula is C22H17FN6O4S. The van der Waals surface area contributed by atoms with E-state index in [-0.39, 0.29) is 29.4 Å². The number of hydrogen-bond acceptors (Lipinski definition) is 7. The molecule has 0 radical (unpaired) electrons. The summed E-state index contributed by atoms with van der Waals surface area (Å²) in [6.45, 7) is 1.67. The summed E-state index contributed by atoms with van der Waals surface area (Å²) in [5.74, 6) is -0.204. The first kappa shape index (κ1) is 21.8. The molecular weight excluding hydrogens is 463 g/mol. The summed E-state index contributed by atoms with van der Waals surface area (Å²) in [6.07, 6.45) is 1.46. The summed E-state index contributed by atoms with van der Waals surface area (Å²) in [6, 6.07) is 9.51. The van der Waals surface area contributed by atoms with E-state index in [4.69, 9.17) is 0 Å². The van der Waals surface area contributed by atoms with Crippen molar-refractivity contribution >= 4 is 40.1 Å². The summed E-state index contributed by atoms with van der Waals surface area (Å²) in [4.78, 5) is 40.9. The molecule has 1 atom stereocenters. The fraction of sp³-hybridized carbons (Fsp3) is 0.182. The molecule has 0 saturated heterocycles. The standard InChI is InChI=1S/C22H17FN6O4S/c1-12-8-15(29(32)33)6-7-18(12)25-19(30)9-16-11-34-22-26-20-17(21(31)27(16)22)10-24-28(20)14-4-2-13(23)3-5-14/h2-8,10,16H,9,11H2,1H3,(H,25,30). The topological polar surface area (TPSA) is 125 Å². The SMILES string of the molecule is Cc1cc([N+](=O)[O-])ccc1NC(=O)CC1CSc2nc3c(cnn3-c3ccc(F)cc3)c(=O)n21. The average molecular weight is 480 g/mol. The monoisotopic (exact) mass is 480 g/mol. The third-order valence-corrected chi connectivity index (χ3v) is 6.66. The van der Waals surface area contributed by atoms with Gasteiger partial charge in [0.05, 0.1) is 22.8 Å². The van der Waals surface area contributed by atoms with E-state index >= 15 is 0 Å². The number of fused-ring (bicyclic) bond motifs is 2. The minimum absolute atomic E-state index is 0.0373. The molecule has 5 rings (SSSR count). The van der Waals surface area contributed by atoms with Crippen molar-refractivity contribution in [2.45, 2.75) is 24.5 Å². The second-order valence-corrected chi connectivity index (χ2v) is 8.80.